The first kappa shape index (κ1) is 68.3. The summed E-state index contributed by atoms with van der Waals surface area (Å²) in [4.78, 5) is 38.2. The first-order chi connectivity index (χ1) is 36.0. The minimum absolute atomic E-state index is 0.138. The predicted molar refractivity (Wildman–Crippen MR) is 315 cm³/mol. The molecule has 6 heteroatoms. The third kappa shape index (κ3) is 58.1. The van der Waals surface area contributed by atoms with Gasteiger partial charge in [0, 0.05) is 19.3 Å². The third-order valence-electron chi connectivity index (χ3n) is 11.8. The maximum absolute atomic E-state index is 12.9. The number of hydrogen-bond donors (Lipinski definition) is 0. The van der Waals surface area contributed by atoms with E-state index in [9.17, 15) is 14.4 Å². The summed E-state index contributed by atoms with van der Waals surface area (Å²) < 4.78 is 16.8. The topological polar surface area (TPSA) is 78.9 Å². The van der Waals surface area contributed by atoms with Crippen molar-refractivity contribution in [3.63, 3.8) is 0 Å². The molecule has 0 aliphatic carbocycles. The quantitative estimate of drug-likeness (QED) is 0.0261. The fourth-order valence-corrected chi connectivity index (χ4v) is 7.50. The fraction of sp³-hybridized carbons (Fsp3) is 0.597. The highest BCUT2D eigenvalue weighted by molar-refractivity contribution is 5.71. The Morgan fingerprint density at radius 1 is 0.288 bits per heavy atom. The Labute approximate surface area is 448 Å². The van der Waals surface area contributed by atoms with E-state index in [2.05, 4.69) is 154 Å². The van der Waals surface area contributed by atoms with Crippen LogP contribution in [0.25, 0.3) is 0 Å². The Bertz CT molecular complexity index is 1630. The molecule has 73 heavy (non-hydrogen) atoms. The predicted octanol–water partition coefficient (Wildman–Crippen LogP) is 20.0. The van der Waals surface area contributed by atoms with Gasteiger partial charge in [-0.3, -0.25) is 14.4 Å². The van der Waals surface area contributed by atoms with E-state index >= 15 is 0 Å². The van der Waals surface area contributed by atoms with Crippen molar-refractivity contribution in [2.75, 3.05) is 13.2 Å². The third-order valence-corrected chi connectivity index (χ3v) is 11.8. The van der Waals surface area contributed by atoms with Crippen LogP contribution in [0.15, 0.2) is 146 Å². The van der Waals surface area contributed by atoms with Crippen LogP contribution in [0.4, 0.5) is 0 Å². The Morgan fingerprint density at radius 2 is 0.575 bits per heavy atom. The molecule has 0 aliphatic heterocycles. The Kier molecular flexibility index (Phi) is 56.0. The monoisotopic (exact) mass is 1010 g/mol. The Morgan fingerprint density at radius 3 is 0.973 bits per heavy atom. The maximum Gasteiger partial charge on any atom is 0.306 e. The highest BCUT2D eigenvalue weighted by Crippen LogP contribution is 2.14. The number of hydrogen-bond acceptors (Lipinski definition) is 6. The van der Waals surface area contributed by atoms with Crippen LogP contribution in [0.3, 0.4) is 0 Å². The highest BCUT2D eigenvalue weighted by Gasteiger charge is 2.19. The lowest BCUT2D eigenvalue weighted by Gasteiger charge is -2.18. The van der Waals surface area contributed by atoms with Gasteiger partial charge in [-0.05, 0) is 122 Å². The van der Waals surface area contributed by atoms with Crippen LogP contribution >= 0.6 is 0 Å². The van der Waals surface area contributed by atoms with E-state index in [1.807, 2.05) is 12.2 Å². The van der Waals surface area contributed by atoms with Crippen LogP contribution in [0.2, 0.25) is 0 Å². The van der Waals surface area contributed by atoms with Gasteiger partial charge in [0.25, 0.3) is 0 Å². The summed E-state index contributed by atoms with van der Waals surface area (Å²) in [6.45, 7) is 6.29. The first-order valence-corrected chi connectivity index (χ1v) is 29.3. The first-order valence-electron chi connectivity index (χ1n) is 29.3. The van der Waals surface area contributed by atoms with E-state index in [0.717, 1.165) is 96.3 Å². The molecular weight excluding hydrogens is 901 g/mol. The van der Waals surface area contributed by atoms with Gasteiger partial charge in [-0.15, -0.1) is 0 Å². The molecule has 0 N–H and O–H groups in total. The zero-order chi connectivity index (χ0) is 52.9. The molecule has 410 valence electrons. The summed E-state index contributed by atoms with van der Waals surface area (Å²) in [5.41, 5.74) is 0. The van der Waals surface area contributed by atoms with Gasteiger partial charge in [-0.1, -0.05) is 244 Å². The molecule has 0 radical (unpaired) electrons. The van der Waals surface area contributed by atoms with Crippen molar-refractivity contribution in [3.05, 3.63) is 146 Å². The molecule has 0 amide bonds. The second kappa shape index (κ2) is 59.8. The molecule has 0 aromatic rings. The van der Waals surface area contributed by atoms with Crippen molar-refractivity contribution in [2.24, 2.45) is 0 Å². The summed E-state index contributed by atoms with van der Waals surface area (Å²) >= 11 is 0. The smallest absolute Gasteiger partial charge is 0.306 e. The number of carbonyl (C=O) groups excluding carboxylic acids is 3. The second-order valence-corrected chi connectivity index (χ2v) is 18.8. The summed E-state index contributed by atoms with van der Waals surface area (Å²) in [6, 6.07) is 0. The minimum Gasteiger partial charge on any atom is -0.462 e. The van der Waals surface area contributed by atoms with Crippen LogP contribution in [-0.4, -0.2) is 37.2 Å². The number of unbranched alkanes of at least 4 members (excludes halogenated alkanes) is 16. The zero-order valence-electron chi connectivity index (χ0n) is 46.8. The highest BCUT2D eigenvalue weighted by atomic mass is 16.6. The van der Waals surface area contributed by atoms with Crippen LogP contribution in [-0.2, 0) is 28.6 Å². The molecule has 0 bridgehead atoms. The average molecular weight is 1010 g/mol. The molecule has 6 nitrogen and oxygen atoms in total. The molecule has 0 aliphatic rings. The van der Waals surface area contributed by atoms with Gasteiger partial charge < -0.3 is 14.2 Å². The molecule has 1 unspecified atom stereocenters. The molecule has 0 heterocycles. The number of esters is 3. The van der Waals surface area contributed by atoms with E-state index in [4.69, 9.17) is 14.2 Å². The van der Waals surface area contributed by atoms with Crippen molar-refractivity contribution >= 4 is 17.9 Å². The number of allylic oxidation sites excluding steroid dienone is 24. The molecule has 0 spiro atoms. The van der Waals surface area contributed by atoms with Gasteiger partial charge in [0.15, 0.2) is 6.10 Å². The number of rotatable bonds is 51. The van der Waals surface area contributed by atoms with E-state index in [0.29, 0.717) is 12.8 Å². The molecule has 0 saturated carbocycles. The normalized spacial score (nSPS) is 13.2. The standard InChI is InChI=1S/C67H106O6/c1-4-7-10-13-16-19-22-25-28-31-33-36-39-42-45-48-51-54-57-60-66(69)72-63-64(62-71-65(68)59-56-53-50-47-44-41-38-35-30-27-24-21-18-15-12-9-6-3)73-67(70)61-58-55-52-49-46-43-40-37-34-32-29-26-23-20-17-14-11-8-5-2/h7,9-10,12,16,18-19,21,25,27-28,30,32-34,36,38,41-42,45,47,50-51,54,64H,4-6,8,11,13-15,17,20,22-24,26,29,31,35,37,39-40,43-44,46,48-49,52-53,55-63H2,1-3H3/b10-7-,12-9-,19-16-,21-18-,28-25-,30-27-,34-32-,36-33-,41-38-,45-42-,50-47-,54-51-. The second-order valence-electron chi connectivity index (χ2n) is 18.8. The molecule has 0 aromatic heterocycles. The Hall–Kier alpha value is -4.71. The van der Waals surface area contributed by atoms with Gasteiger partial charge in [0.05, 0.1) is 0 Å². The molecule has 1 atom stereocenters. The van der Waals surface area contributed by atoms with E-state index < -0.39 is 6.10 Å². The van der Waals surface area contributed by atoms with Gasteiger partial charge in [-0.2, -0.15) is 0 Å². The number of ether oxygens (including phenoxy) is 3. The Balaban J connectivity index is 4.60. The number of carbonyl (C=O) groups is 3. The van der Waals surface area contributed by atoms with Crippen LogP contribution in [0, 0.1) is 0 Å². The fourth-order valence-electron chi connectivity index (χ4n) is 7.50. The molecule has 0 fully saturated rings. The average Bonchev–Trinajstić information content (AvgIpc) is 3.39. The van der Waals surface area contributed by atoms with E-state index in [1.54, 1.807) is 0 Å². The van der Waals surface area contributed by atoms with E-state index in [1.165, 1.54) is 89.9 Å². The lowest BCUT2D eigenvalue weighted by Crippen LogP contribution is -2.30. The van der Waals surface area contributed by atoms with Gasteiger partial charge >= 0.3 is 17.9 Å². The van der Waals surface area contributed by atoms with Crippen molar-refractivity contribution < 1.29 is 28.6 Å². The molecular formula is C67H106O6. The van der Waals surface area contributed by atoms with E-state index in [-0.39, 0.29) is 50.4 Å². The lowest BCUT2D eigenvalue weighted by atomic mass is 10.1. The summed E-state index contributed by atoms with van der Waals surface area (Å²) in [5, 5.41) is 0. The minimum atomic E-state index is -0.841. The van der Waals surface area contributed by atoms with Crippen LogP contribution < -0.4 is 0 Å². The SMILES string of the molecule is CC/C=C\C/C=C\C/C=C\C/C=C\C/C=C\C/C=C\CCC(=O)OCC(COC(=O)CCC/C=C\C/C=C\C/C=C\C/C=C\C/C=C\CC)OC(=O)CCCCCCCCC/C=C\CCCCCCCCCC. The molecule has 0 saturated heterocycles. The van der Waals surface area contributed by atoms with Crippen molar-refractivity contribution in [3.8, 4) is 0 Å². The van der Waals surface area contributed by atoms with Gasteiger partial charge in [0.1, 0.15) is 13.2 Å². The maximum atomic E-state index is 12.9. The van der Waals surface area contributed by atoms with Crippen molar-refractivity contribution in [2.45, 2.75) is 245 Å². The molecule has 0 aromatic carbocycles. The summed E-state index contributed by atoms with van der Waals surface area (Å²) in [7, 11) is 0. The van der Waals surface area contributed by atoms with Crippen LogP contribution in [0.5, 0.6) is 0 Å². The van der Waals surface area contributed by atoms with Gasteiger partial charge in [-0.25, -0.2) is 0 Å². The summed E-state index contributed by atoms with van der Waals surface area (Å²) in [6.07, 6.45) is 85.7. The molecule has 0 rings (SSSR count). The van der Waals surface area contributed by atoms with Crippen molar-refractivity contribution in [1.82, 2.24) is 0 Å². The van der Waals surface area contributed by atoms with Crippen LogP contribution in [0.1, 0.15) is 239 Å². The lowest BCUT2D eigenvalue weighted by molar-refractivity contribution is -0.166. The largest absolute Gasteiger partial charge is 0.462 e. The zero-order valence-corrected chi connectivity index (χ0v) is 46.8. The van der Waals surface area contributed by atoms with Gasteiger partial charge in [0.2, 0.25) is 0 Å². The van der Waals surface area contributed by atoms with Crippen molar-refractivity contribution in [1.29, 1.82) is 0 Å². The summed E-state index contributed by atoms with van der Waals surface area (Å²) in [5.74, 6) is -1.08.